The predicted molar refractivity (Wildman–Crippen MR) is 73.7 cm³/mol. The number of hydrogen-bond acceptors (Lipinski definition) is 0. The van der Waals surface area contributed by atoms with Crippen molar-refractivity contribution in [2.45, 2.75) is 4.83 Å². The van der Waals surface area contributed by atoms with Gasteiger partial charge in [0, 0.05) is 10.0 Å². The Balaban J connectivity index is 2.41. The quantitative estimate of drug-likeness (QED) is 0.644. The van der Waals surface area contributed by atoms with Crippen molar-refractivity contribution in [1.82, 2.24) is 0 Å². The molecule has 1 unspecified atom stereocenters. The van der Waals surface area contributed by atoms with Gasteiger partial charge in [0.15, 0.2) is 0 Å². The molecule has 0 spiro atoms. The van der Waals surface area contributed by atoms with Gasteiger partial charge in [0.2, 0.25) is 0 Å². The minimum atomic E-state index is 0.0694. The smallest absolute Gasteiger partial charge is 0.0659 e. The first kappa shape index (κ1) is 12.0. The normalized spacial score (nSPS) is 12.4. The van der Waals surface area contributed by atoms with Crippen LogP contribution >= 0.6 is 39.1 Å². The Kier molecular flexibility index (Phi) is 3.91. The first-order valence-electron chi connectivity index (χ1n) is 4.82. The zero-order valence-electron chi connectivity index (χ0n) is 8.33. The van der Waals surface area contributed by atoms with Crippen molar-refractivity contribution >= 4 is 39.1 Å². The molecule has 0 amide bonds. The second-order valence-electron chi connectivity index (χ2n) is 3.44. The average Bonchev–Trinajstić information content (AvgIpc) is 2.32. The van der Waals surface area contributed by atoms with Crippen LogP contribution in [-0.4, -0.2) is 0 Å². The van der Waals surface area contributed by atoms with Gasteiger partial charge in [0.05, 0.1) is 4.83 Å². The van der Waals surface area contributed by atoms with Gasteiger partial charge in [-0.05, 0) is 29.3 Å². The molecule has 0 bridgehead atoms. The Labute approximate surface area is 113 Å². The van der Waals surface area contributed by atoms with E-state index >= 15 is 0 Å². The van der Waals surface area contributed by atoms with Crippen molar-refractivity contribution in [2.24, 2.45) is 0 Å². The minimum Gasteiger partial charge on any atom is -0.0843 e. The van der Waals surface area contributed by atoms with E-state index < -0.39 is 0 Å². The van der Waals surface area contributed by atoms with Gasteiger partial charge >= 0.3 is 0 Å². The first-order chi connectivity index (χ1) is 7.68. The number of halogens is 3. The lowest BCUT2D eigenvalue weighted by Crippen LogP contribution is -1.93. The summed E-state index contributed by atoms with van der Waals surface area (Å²) in [6.07, 6.45) is 0. The molecule has 16 heavy (non-hydrogen) atoms. The highest BCUT2D eigenvalue weighted by Crippen LogP contribution is 2.36. The third kappa shape index (κ3) is 2.60. The SMILES string of the molecule is Clc1ccc(Cl)c(C(Br)c2ccccc2)c1. The van der Waals surface area contributed by atoms with Gasteiger partial charge in [-0.2, -0.15) is 0 Å². The van der Waals surface area contributed by atoms with E-state index in [-0.39, 0.29) is 4.83 Å². The molecule has 0 radical (unpaired) electrons. The molecule has 0 fully saturated rings. The molecule has 2 rings (SSSR count). The molecule has 0 heterocycles. The van der Waals surface area contributed by atoms with Crippen LogP contribution in [0.5, 0.6) is 0 Å². The number of hydrogen-bond donors (Lipinski definition) is 0. The second-order valence-corrected chi connectivity index (χ2v) is 5.20. The summed E-state index contributed by atoms with van der Waals surface area (Å²) in [6.45, 7) is 0. The van der Waals surface area contributed by atoms with Crippen molar-refractivity contribution in [2.75, 3.05) is 0 Å². The number of alkyl halides is 1. The molecule has 0 saturated heterocycles. The molecule has 3 heteroatoms. The lowest BCUT2D eigenvalue weighted by atomic mass is 10.1. The van der Waals surface area contributed by atoms with Crippen LogP contribution < -0.4 is 0 Å². The molecule has 1 atom stereocenters. The molecule has 2 aromatic rings. The van der Waals surface area contributed by atoms with E-state index in [4.69, 9.17) is 23.2 Å². The summed E-state index contributed by atoms with van der Waals surface area (Å²) in [4.78, 5) is 0.0694. The summed E-state index contributed by atoms with van der Waals surface area (Å²) in [5, 5.41) is 1.41. The molecule has 0 aliphatic heterocycles. The number of rotatable bonds is 2. The van der Waals surface area contributed by atoms with Crippen LogP contribution in [-0.2, 0) is 0 Å². The van der Waals surface area contributed by atoms with E-state index in [1.165, 1.54) is 0 Å². The van der Waals surface area contributed by atoms with Gasteiger partial charge < -0.3 is 0 Å². The molecule has 82 valence electrons. The second kappa shape index (κ2) is 5.22. The van der Waals surface area contributed by atoms with Crippen LogP contribution in [0, 0.1) is 0 Å². The fourth-order valence-corrected chi connectivity index (χ4v) is 2.73. The van der Waals surface area contributed by atoms with Crippen molar-refractivity contribution in [1.29, 1.82) is 0 Å². The van der Waals surface area contributed by atoms with Crippen LogP contribution in [0.3, 0.4) is 0 Å². The summed E-state index contributed by atoms with van der Waals surface area (Å²) in [5.41, 5.74) is 2.15. The molecular weight excluding hydrogens is 307 g/mol. The molecule has 0 aromatic heterocycles. The van der Waals surface area contributed by atoms with Crippen molar-refractivity contribution in [3.63, 3.8) is 0 Å². The van der Waals surface area contributed by atoms with Crippen molar-refractivity contribution in [3.8, 4) is 0 Å². The molecule has 0 aliphatic carbocycles. The molecule has 0 N–H and O–H groups in total. The van der Waals surface area contributed by atoms with E-state index in [0.717, 1.165) is 16.1 Å². The molecule has 0 aliphatic rings. The Morgan fingerprint density at radius 3 is 2.31 bits per heavy atom. The minimum absolute atomic E-state index is 0.0694. The van der Waals surface area contributed by atoms with Crippen LogP contribution in [0.15, 0.2) is 48.5 Å². The zero-order valence-corrected chi connectivity index (χ0v) is 11.4. The molecule has 0 saturated carbocycles. The summed E-state index contributed by atoms with van der Waals surface area (Å²) in [5.74, 6) is 0. The maximum absolute atomic E-state index is 6.15. The Bertz CT molecular complexity index is 483. The lowest BCUT2D eigenvalue weighted by molar-refractivity contribution is 1.18. The van der Waals surface area contributed by atoms with Crippen LogP contribution in [0.1, 0.15) is 16.0 Å². The summed E-state index contributed by atoms with van der Waals surface area (Å²) >= 11 is 15.8. The third-order valence-electron chi connectivity index (χ3n) is 2.32. The fourth-order valence-electron chi connectivity index (χ4n) is 1.51. The van der Waals surface area contributed by atoms with Gasteiger partial charge in [0.1, 0.15) is 0 Å². The van der Waals surface area contributed by atoms with E-state index in [9.17, 15) is 0 Å². The van der Waals surface area contributed by atoms with Gasteiger partial charge in [-0.1, -0.05) is 69.5 Å². The highest BCUT2D eigenvalue weighted by molar-refractivity contribution is 9.09. The van der Waals surface area contributed by atoms with Gasteiger partial charge in [-0.15, -0.1) is 0 Å². The molecular formula is C13H9BrCl2. The Morgan fingerprint density at radius 2 is 1.62 bits per heavy atom. The monoisotopic (exact) mass is 314 g/mol. The van der Waals surface area contributed by atoms with Crippen LogP contribution in [0.25, 0.3) is 0 Å². The maximum Gasteiger partial charge on any atom is 0.0659 e. The van der Waals surface area contributed by atoms with Gasteiger partial charge in [-0.25, -0.2) is 0 Å². The largest absolute Gasteiger partial charge is 0.0843 e. The maximum atomic E-state index is 6.15. The van der Waals surface area contributed by atoms with Crippen molar-refractivity contribution in [3.05, 3.63) is 69.7 Å². The zero-order chi connectivity index (χ0) is 11.5. The van der Waals surface area contributed by atoms with Crippen molar-refractivity contribution < 1.29 is 0 Å². The standard InChI is InChI=1S/C13H9BrCl2/c14-13(9-4-2-1-3-5-9)11-8-10(15)6-7-12(11)16/h1-8,13H. The Morgan fingerprint density at radius 1 is 0.938 bits per heavy atom. The highest BCUT2D eigenvalue weighted by atomic mass is 79.9. The van der Waals surface area contributed by atoms with E-state index in [2.05, 4.69) is 28.1 Å². The molecule has 2 aromatic carbocycles. The predicted octanol–water partition coefficient (Wildman–Crippen LogP) is 5.48. The summed E-state index contributed by atoms with van der Waals surface area (Å²) in [7, 11) is 0. The van der Waals surface area contributed by atoms with E-state index in [1.54, 1.807) is 6.07 Å². The van der Waals surface area contributed by atoms with Gasteiger partial charge in [-0.3, -0.25) is 0 Å². The van der Waals surface area contributed by atoms with E-state index in [1.807, 2.05) is 30.3 Å². The van der Waals surface area contributed by atoms with Crippen LogP contribution in [0.4, 0.5) is 0 Å². The fraction of sp³-hybridized carbons (Fsp3) is 0.0769. The third-order valence-corrected chi connectivity index (χ3v) is 3.92. The topological polar surface area (TPSA) is 0 Å². The molecule has 0 nitrogen and oxygen atoms in total. The first-order valence-corrected chi connectivity index (χ1v) is 6.49. The summed E-state index contributed by atoms with van der Waals surface area (Å²) < 4.78 is 0. The summed E-state index contributed by atoms with van der Waals surface area (Å²) in [6, 6.07) is 15.6. The van der Waals surface area contributed by atoms with E-state index in [0.29, 0.717) is 5.02 Å². The van der Waals surface area contributed by atoms with Crippen LogP contribution in [0.2, 0.25) is 10.0 Å². The highest BCUT2D eigenvalue weighted by Gasteiger charge is 2.13. The van der Waals surface area contributed by atoms with Gasteiger partial charge in [0.25, 0.3) is 0 Å². The lowest BCUT2D eigenvalue weighted by Gasteiger charge is -2.12. The average molecular weight is 316 g/mol. The Hall–Kier alpha value is -0.500. The number of benzene rings is 2.